The van der Waals surface area contributed by atoms with Gasteiger partial charge in [-0.1, -0.05) is 49.7 Å². The highest BCUT2D eigenvalue weighted by molar-refractivity contribution is 6.32. The fourth-order valence-corrected chi connectivity index (χ4v) is 14.1. The van der Waals surface area contributed by atoms with E-state index >= 15 is 19.2 Å². The molecule has 37 heteroatoms. The lowest BCUT2D eigenvalue weighted by molar-refractivity contribution is -0.335. The summed E-state index contributed by atoms with van der Waals surface area (Å²) < 4.78 is 51.2. The molecule has 0 spiro atoms. The second-order valence-electron chi connectivity index (χ2n) is 28.3. The number of likely N-dealkylation sites (N-methyl/N-ethyl adjacent to an activating group) is 1. The van der Waals surface area contributed by atoms with Gasteiger partial charge in [0.1, 0.15) is 95.6 Å². The smallest absolute Gasteiger partial charge is 0.330 e. The molecule has 3 fully saturated rings. The second kappa shape index (κ2) is 32.9. The van der Waals surface area contributed by atoms with Gasteiger partial charge in [-0.2, -0.15) is 0 Å². The maximum Gasteiger partial charge on any atom is 0.330 e. The van der Waals surface area contributed by atoms with E-state index < -0.39 is 262 Å². The third-order valence-electron chi connectivity index (χ3n) is 19.7. The average Bonchev–Trinajstić information content (AvgIpc) is 0.765. The Morgan fingerprint density at radius 3 is 1.99 bits per heavy atom. The number of benzene rings is 5. The van der Waals surface area contributed by atoms with E-state index in [1.54, 1.807) is 0 Å². The monoisotopic (exact) mass is 1540 g/mol. The van der Waals surface area contributed by atoms with Crippen molar-refractivity contribution in [2.45, 2.75) is 194 Å². The van der Waals surface area contributed by atoms with Crippen molar-refractivity contribution in [2.75, 3.05) is 13.7 Å². The van der Waals surface area contributed by atoms with Gasteiger partial charge in [0.15, 0.2) is 36.2 Å². The zero-order valence-corrected chi connectivity index (χ0v) is 60.1. The first-order valence-corrected chi connectivity index (χ1v) is 35.2. The number of aliphatic hydroxyl groups excluding tert-OH is 7. The van der Waals surface area contributed by atoms with Gasteiger partial charge in [0, 0.05) is 41.1 Å². The van der Waals surface area contributed by atoms with Crippen molar-refractivity contribution in [2.24, 2.45) is 17.4 Å². The number of nitrogens with one attached hydrogen (secondary N) is 7. The van der Waals surface area contributed by atoms with E-state index in [0.717, 1.165) is 42.5 Å². The maximum absolute atomic E-state index is 16.3. The summed E-state index contributed by atoms with van der Waals surface area (Å²) in [6, 6.07) is 1.32. The zero-order valence-electron chi connectivity index (χ0n) is 59.3. The molecule has 7 amide bonds. The molecule has 3 saturated heterocycles. The number of halogens is 1. The molecule has 0 aromatic heterocycles. The number of carboxylic acids is 1. The van der Waals surface area contributed by atoms with Crippen LogP contribution in [0, 0.1) is 5.92 Å². The second-order valence-corrected chi connectivity index (χ2v) is 28.7. The number of fused-ring (bicyclic) bond motifs is 15. The predicted molar refractivity (Wildman–Crippen MR) is 374 cm³/mol. The number of hydrogen-bond acceptors (Lipinski definition) is 28. The number of aliphatic hydroxyl groups is 7. The topological polar surface area (TPSA) is 569 Å². The summed E-state index contributed by atoms with van der Waals surface area (Å²) in [6.07, 6.45) is -24.6. The third-order valence-corrected chi connectivity index (χ3v) is 19.9. The van der Waals surface area contributed by atoms with Crippen molar-refractivity contribution < 1.29 is 132 Å². The SMILES string of the molecule is CN[C@H](CC(C)C)C(=O)N[C@H]1C(=O)N[C@@H](CC(N)=O)C(=O)N[C@H]2C(=O)N[C@H]3C(=O)N[C@H](C(=O)N[C@H](C(=O)O)c4cc(O)cc(O)c4-c4cc3ccc4O)[C@H](O[C@H]3C[C@](C)(N)[C@@H](O)[C@H](C)O3)c3ccc(c(Cl)c3)Oc3cc2cc(c3O[C@@H]2O[C@H](CO)[C@@H](O)[C@H](O)[C@H]2O[C@H]2C[C@H](O)[C@@H](O)[C@H](C)O2)Oc2ccc(cc2)[C@H]1O. The van der Waals surface area contributed by atoms with E-state index in [2.05, 4.69) is 37.2 Å². The Balaban J connectivity index is 1.18. The number of carbonyl (C=O) groups is 8. The fraction of sp³-hybridized carbons (Fsp3) is 0.472. The highest BCUT2D eigenvalue weighted by Gasteiger charge is 2.51. The van der Waals surface area contributed by atoms with E-state index in [1.807, 2.05) is 13.8 Å². The maximum atomic E-state index is 16.3. The quantitative estimate of drug-likeness (QED) is 0.0618. The molecule has 0 unspecified atom stereocenters. The fourth-order valence-electron chi connectivity index (χ4n) is 13.9. The van der Waals surface area contributed by atoms with Crippen molar-refractivity contribution >= 4 is 58.9 Å². The van der Waals surface area contributed by atoms with Gasteiger partial charge < -0.3 is 143 Å². The Bertz CT molecular complexity index is 4280. The van der Waals surface area contributed by atoms with Crippen LogP contribution in [-0.4, -0.2) is 221 Å². The normalized spacial score (nSPS) is 31.7. The predicted octanol–water partition coefficient (Wildman–Crippen LogP) is -0.666. The van der Waals surface area contributed by atoms with Crippen molar-refractivity contribution in [1.29, 1.82) is 0 Å². The summed E-state index contributed by atoms with van der Waals surface area (Å²) >= 11 is 7.32. The van der Waals surface area contributed by atoms with Crippen molar-refractivity contribution in [3.05, 3.63) is 118 Å². The number of phenols is 3. The Morgan fingerprint density at radius 2 is 1.35 bits per heavy atom. The lowest BCUT2D eigenvalue weighted by Crippen LogP contribution is -2.62. The van der Waals surface area contributed by atoms with E-state index in [4.69, 9.17) is 61.0 Å². The van der Waals surface area contributed by atoms with Crippen LogP contribution >= 0.6 is 11.6 Å². The van der Waals surface area contributed by atoms with Gasteiger partial charge in [-0.3, -0.25) is 33.6 Å². The molecule has 11 bridgehead atoms. The number of ether oxygens (including phenoxy) is 8. The molecule has 8 aliphatic rings. The Morgan fingerprint density at radius 1 is 0.697 bits per heavy atom. The number of phenolic OH excluding ortho intramolecular Hbond substituents is 3. The van der Waals surface area contributed by atoms with Crippen LogP contribution in [0.2, 0.25) is 5.02 Å². The van der Waals surface area contributed by atoms with Crippen LogP contribution in [-0.2, 0) is 62.0 Å². The van der Waals surface area contributed by atoms with Crippen LogP contribution in [0.3, 0.4) is 0 Å². The Hall–Kier alpha value is -9.61. The van der Waals surface area contributed by atoms with Crippen LogP contribution in [0.25, 0.3) is 11.1 Å². The molecule has 22 N–H and O–H groups in total. The van der Waals surface area contributed by atoms with Crippen LogP contribution < -0.4 is 62.9 Å². The minimum absolute atomic E-state index is 0.0636. The number of nitrogens with two attached hydrogens (primary N) is 2. The minimum atomic E-state index is -2.35. The Kier molecular flexibility index (Phi) is 24.3. The average molecular weight is 1540 g/mol. The number of amides is 7. The zero-order chi connectivity index (χ0) is 79.1. The van der Waals surface area contributed by atoms with Crippen LogP contribution in [0.15, 0.2) is 84.9 Å². The number of carbonyl (C=O) groups excluding carboxylic acids is 7. The molecule has 36 nitrogen and oxygen atoms in total. The van der Waals surface area contributed by atoms with Crippen molar-refractivity contribution in [3.8, 4) is 57.1 Å². The molecular weight excluding hydrogens is 1460 g/mol. The van der Waals surface area contributed by atoms with Crippen LogP contribution in [0.4, 0.5) is 0 Å². The number of hydrogen-bond donors (Lipinski definition) is 20. The number of aliphatic carboxylic acids is 1. The van der Waals surface area contributed by atoms with Gasteiger partial charge in [0.05, 0.1) is 48.5 Å². The minimum Gasteiger partial charge on any atom is -0.508 e. The molecule has 109 heavy (non-hydrogen) atoms. The molecule has 8 aliphatic heterocycles. The number of primary amides is 1. The first kappa shape index (κ1) is 80.4. The first-order valence-electron chi connectivity index (χ1n) is 34.8. The molecule has 22 atom stereocenters. The molecule has 0 aliphatic carbocycles. The van der Waals surface area contributed by atoms with Crippen molar-refractivity contribution in [1.82, 2.24) is 37.2 Å². The molecule has 13 rings (SSSR count). The van der Waals surface area contributed by atoms with Crippen LogP contribution in [0.5, 0.6) is 46.0 Å². The third kappa shape index (κ3) is 17.4. The van der Waals surface area contributed by atoms with Gasteiger partial charge in [-0.15, -0.1) is 0 Å². The molecule has 588 valence electrons. The highest BCUT2D eigenvalue weighted by atomic mass is 35.5. The Labute approximate surface area is 626 Å². The van der Waals surface area contributed by atoms with Gasteiger partial charge in [-0.25, -0.2) is 4.79 Å². The lowest BCUT2D eigenvalue weighted by atomic mass is 9.86. The summed E-state index contributed by atoms with van der Waals surface area (Å²) in [6.45, 7) is 7.01. The summed E-state index contributed by atoms with van der Waals surface area (Å²) in [7, 11) is 1.48. The number of carboxylic acid groups (broad SMARTS) is 1. The van der Waals surface area contributed by atoms with Gasteiger partial charge in [0.2, 0.25) is 53.4 Å². The van der Waals surface area contributed by atoms with Gasteiger partial charge in [0.25, 0.3) is 0 Å². The van der Waals surface area contributed by atoms with E-state index in [-0.39, 0.29) is 46.9 Å². The van der Waals surface area contributed by atoms with Crippen molar-refractivity contribution in [3.63, 3.8) is 0 Å². The van der Waals surface area contributed by atoms with E-state index in [0.29, 0.717) is 0 Å². The largest absolute Gasteiger partial charge is 0.508 e. The molecule has 8 heterocycles. The van der Waals surface area contributed by atoms with E-state index in [1.165, 1.54) is 70.3 Å². The summed E-state index contributed by atoms with van der Waals surface area (Å²) in [4.78, 5) is 119. The molecular formula is C72H86ClN9O27. The summed E-state index contributed by atoms with van der Waals surface area (Å²) in [5.74, 6) is -15.6. The number of aromatic hydroxyl groups is 3. The van der Waals surface area contributed by atoms with Gasteiger partial charge in [-0.05, 0) is 117 Å². The standard InChI is InChI=1S/C72H86ClN9O27/c1-26(2)15-38(76-6)64(94)81-54-57(90)29-7-11-34(12-8-29)104-44-18-32-19-45(61(44)109-71-62(59(92)58(91)46(25-83)106-71)107-48-23-42(87)56(89)27(3)102-48)105-43-14-10-31(17-37(43)73)60(108-49-24-72(5,75)63(93)28(4)103-49)55-69(99)80-53(70(100)101)36-20-33(84)21-41(86)50(36)35-16-30(9-13-40(35)85)51(66(96)82-55)79-67(97)52(32)78-65(95)39(22-47(74)88)77-68(54)98/h7-14,16-21,26-28,38-39,42,46,48-49,51-60,62-63,71,76,83-87,89-93H,15,22-25,75H2,1-6H3,(H2,74,88)(H,77,98)(H,78,95)(H,79,97)(H,80,99)(H,81,94)(H,82,96)(H,100,101)/t27-,28-,38+,39-,42-,46+,48-,49-,51+,52+,53-,54+,55-,56-,57+,58+,59-,60+,62+,63-,71-,72-/m0/s1. The molecule has 5 aromatic carbocycles. The van der Waals surface area contributed by atoms with E-state index in [9.17, 15) is 75.3 Å². The molecule has 0 radical (unpaired) electrons. The lowest BCUT2D eigenvalue weighted by Gasteiger charge is -2.44. The molecule has 0 saturated carbocycles. The summed E-state index contributed by atoms with van der Waals surface area (Å²) in [5.41, 5.74) is 8.32. The summed E-state index contributed by atoms with van der Waals surface area (Å²) in [5, 5.41) is 142. The molecule has 5 aromatic rings. The van der Waals surface area contributed by atoms with Crippen LogP contribution in [0.1, 0.15) is 118 Å². The van der Waals surface area contributed by atoms with Gasteiger partial charge >= 0.3 is 5.97 Å². The highest BCUT2D eigenvalue weighted by Crippen LogP contribution is 2.50. The first-order chi connectivity index (χ1) is 51.5. The number of rotatable bonds is 15.